The van der Waals surface area contributed by atoms with Crippen molar-refractivity contribution in [3.8, 4) is 0 Å². The Hall–Kier alpha value is -0.530. The Kier molecular flexibility index (Phi) is 32.2. The number of esters is 1. The summed E-state index contributed by atoms with van der Waals surface area (Å²) in [6.07, 6.45) is 39.9. The summed E-state index contributed by atoms with van der Waals surface area (Å²) in [5.41, 5.74) is 0. The maximum atomic E-state index is 12.3. The first kappa shape index (κ1) is 37.5. The van der Waals surface area contributed by atoms with E-state index in [2.05, 4.69) is 20.8 Å². The number of carbonyl (C=O) groups is 1. The van der Waals surface area contributed by atoms with Gasteiger partial charge in [-0.3, -0.25) is 4.79 Å². The zero-order valence-corrected chi connectivity index (χ0v) is 26.8. The fourth-order valence-electron chi connectivity index (χ4n) is 5.66. The third kappa shape index (κ3) is 30.0. The van der Waals surface area contributed by atoms with Crippen molar-refractivity contribution < 1.29 is 9.53 Å². The van der Waals surface area contributed by atoms with Gasteiger partial charge in [0.2, 0.25) is 0 Å². The summed E-state index contributed by atoms with van der Waals surface area (Å²) in [5, 5.41) is 0. The van der Waals surface area contributed by atoms with Crippen LogP contribution < -0.4 is 0 Å². The Morgan fingerprint density at radius 3 is 1.11 bits per heavy atom. The van der Waals surface area contributed by atoms with Crippen molar-refractivity contribution in [3.63, 3.8) is 0 Å². The number of rotatable bonds is 32. The lowest BCUT2D eigenvalue weighted by Crippen LogP contribution is -2.14. The molecule has 0 aliphatic rings. The lowest BCUT2D eigenvalue weighted by atomic mass is 9.95. The van der Waals surface area contributed by atoms with Crippen LogP contribution in [-0.2, 0) is 9.53 Å². The Labute approximate surface area is 241 Å². The predicted octanol–water partition coefficient (Wildman–Crippen LogP) is 12.9. The van der Waals surface area contributed by atoms with Gasteiger partial charge in [0.25, 0.3) is 0 Å². The monoisotopic (exact) mass is 537 g/mol. The predicted molar refractivity (Wildman–Crippen MR) is 170 cm³/mol. The molecule has 38 heavy (non-hydrogen) atoms. The van der Waals surface area contributed by atoms with Crippen LogP contribution in [0.15, 0.2) is 0 Å². The average Bonchev–Trinajstić information content (AvgIpc) is 2.92. The molecule has 0 saturated carbocycles. The molecule has 0 bridgehead atoms. The van der Waals surface area contributed by atoms with E-state index < -0.39 is 0 Å². The van der Waals surface area contributed by atoms with Crippen LogP contribution in [0.1, 0.15) is 213 Å². The first-order valence-electron chi connectivity index (χ1n) is 17.9. The lowest BCUT2D eigenvalue weighted by Gasteiger charge is -2.17. The van der Waals surface area contributed by atoms with E-state index in [1.807, 2.05) is 0 Å². The largest absolute Gasteiger partial charge is 0.465 e. The number of ether oxygens (including phenoxy) is 1. The summed E-state index contributed by atoms with van der Waals surface area (Å²) in [6, 6.07) is 0. The van der Waals surface area contributed by atoms with Crippen molar-refractivity contribution in [1.82, 2.24) is 0 Å². The minimum absolute atomic E-state index is 0.0449. The van der Waals surface area contributed by atoms with Gasteiger partial charge in [-0.25, -0.2) is 0 Å². The first-order valence-corrected chi connectivity index (χ1v) is 17.9. The quantitative estimate of drug-likeness (QED) is 0.0631. The number of carbonyl (C=O) groups excluding carboxylic acids is 1. The fraction of sp³-hybridized carbons (Fsp3) is 0.972. The second-order valence-corrected chi connectivity index (χ2v) is 12.4. The summed E-state index contributed by atoms with van der Waals surface area (Å²) >= 11 is 0. The molecule has 0 fully saturated rings. The first-order chi connectivity index (χ1) is 18.7. The molecule has 0 saturated heterocycles. The van der Waals surface area contributed by atoms with Gasteiger partial charge < -0.3 is 4.74 Å². The highest BCUT2D eigenvalue weighted by molar-refractivity contribution is 5.69. The molecule has 228 valence electrons. The van der Waals surface area contributed by atoms with Crippen molar-refractivity contribution in [2.24, 2.45) is 5.92 Å². The molecule has 1 unspecified atom stereocenters. The average molecular weight is 537 g/mol. The molecule has 0 aliphatic heterocycles. The molecule has 0 rings (SSSR count). The van der Waals surface area contributed by atoms with E-state index in [-0.39, 0.29) is 5.97 Å². The highest BCUT2D eigenvalue weighted by Gasteiger charge is 2.12. The smallest absolute Gasteiger partial charge is 0.305 e. The van der Waals surface area contributed by atoms with Gasteiger partial charge in [-0.1, -0.05) is 188 Å². The maximum absolute atomic E-state index is 12.3. The van der Waals surface area contributed by atoms with Gasteiger partial charge in [-0.15, -0.1) is 0 Å². The third-order valence-electron chi connectivity index (χ3n) is 8.40. The van der Waals surface area contributed by atoms with Gasteiger partial charge in [0.1, 0.15) is 0 Å². The summed E-state index contributed by atoms with van der Waals surface area (Å²) in [5.74, 6) is 0.626. The van der Waals surface area contributed by atoms with Gasteiger partial charge in [0.05, 0.1) is 6.61 Å². The molecule has 2 nitrogen and oxygen atoms in total. The molecule has 0 heterocycles. The molecule has 0 aromatic rings. The van der Waals surface area contributed by atoms with Gasteiger partial charge in [0, 0.05) is 6.42 Å². The minimum atomic E-state index is 0.0449. The summed E-state index contributed by atoms with van der Waals surface area (Å²) in [7, 11) is 0. The Bertz CT molecular complexity index is 447. The summed E-state index contributed by atoms with van der Waals surface area (Å²) in [6.45, 7) is 7.49. The molecule has 1 atom stereocenters. The standard InChI is InChI=1S/C36H72O2/c1-4-7-10-12-13-14-15-16-17-18-19-20-21-22-23-24-25-27-30-33-36(37)38-34-35(31-28-9-6-3)32-29-26-11-8-5-2/h35H,4-34H2,1-3H3. The SMILES string of the molecule is CCCCCCCCCCCCCCCCCCCCCC(=O)OCC(CCCCC)CCCCCCC. The normalized spacial score (nSPS) is 12.2. The highest BCUT2D eigenvalue weighted by Crippen LogP contribution is 2.20. The van der Waals surface area contributed by atoms with E-state index in [1.165, 1.54) is 180 Å². The Morgan fingerprint density at radius 2 is 0.711 bits per heavy atom. The van der Waals surface area contributed by atoms with Crippen LogP contribution in [0.3, 0.4) is 0 Å². The number of hydrogen-bond acceptors (Lipinski definition) is 2. The van der Waals surface area contributed by atoms with Gasteiger partial charge in [-0.05, 0) is 25.2 Å². The van der Waals surface area contributed by atoms with Crippen LogP contribution >= 0.6 is 0 Å². The van der Waals surface area contributed by atoms with Crippen LogP contribution in [0.2, 0.25) is 0 Å². The molecule has 0 amide bonds. The van der Waals surface area contributed by atoms with E-state index in [1.54, 1.807) is 0 Å². The molecule has 0 aromatic heterocycles. The summed E-state index contributed by atoms with van der Waals surface area (Å²) in [4.78, 5) is 12.3. The molecular weight excluding hydrogens is 464 g/mol. The van der Waals surface area contributed by atoms with Gasteiger partial charge >= 0.3 is 5.97 Å². The zero-order chi connectivity index (χ0) is 27.8. The van der Waals surface area contributed by atoms with Crippen LogP contribution in [0.25, 0.3) is 0 Å². The second kappa shape index (κ2) is 32.7. The van der Waals surface area contributed by atoms with Crippen molar-refractivity contribution >= 4 is 5.97 Å². The van der Waals surface area contributed by atoms with E-state index in [0.29, 0.717) is 18.9 Å². The van der Waals surface area contributed by atoms with Crippen LogP contribution in [-0.4, -0.2) is 12.6 Å². The molecule has 0 N–H and O–H groups in total. The van der Waals surface area contributed by atoms with Crippen molar-refractivity contribution in [2.45, 2.75) is 213 Å². The van der Waals surface area contributed by atoms with Gasteiger partial charge in [0.15, 0.2) is 0 Å². The van der Waals surface area contributed by atoms with Gasteiger partial charge in [-0.2, -0.15) is 0 Å². The van der Waals surface area contributed by atoms with E-state index in [9.17, 15) is 4.79 Å². The minimum Gasteiger partial charge on any atom is -0.465 e. The zero-order valence-electron chi connectivity index (χ0n) is 26.8. The number of hydrogen-bond donors (Lipinski definition) is 0. The van der Waals surface area contributed by atoms with Crippen molar-refractivity contribution in [2.75, 3.05) is 6.61 Å². The third-order valence-corrected chi connectivity index (χ3v) is 8.40. The topological polar surface area (TPSA) is 26.3 Å². The van der Waals surface area contributed by atoms with Crippen LogP contribution in [0.5, 0.6) is 0 Å². The summed E-state index contributed by atoms with van der Waals surface area (Å²) < 4.78 is 5.71. The highest BCUT2D eigenvalue weighted by atomic mass is 16.5. The number of unbranched alkanes of at least 4 members (excludes halogenated alkanes) is 24. The molecule has 0 aromatic carbocycles. The molecule has 0 aliphatic carbocycles. The van der Waals surface area contributed by atoms with E-state index >= 15 is 0 Å². The fourth-order valence-corrected chi connectivity index (χ4v) is 5.66. The van der Waals surface area contributed by atoms with Crippen molar-refractivity contribution in [1.29, 1.82) is 0 Å². The Morgan fingerprint density at radius 1 is 0.421 bits per heavy atom. The van der Waals surface area contributed by atoms with Crippen LogP contribution in [0, 0.1) is 5.92 Å². The van der Waals surface area contributed by atoms with Crippen molar-refractivity contribution in [3.05, 3.63) is 0 Å². The molecule has 0 spiro atoms. The van der Waals surface area contributed by atoms with E-state index in [4.69, 9.17) is 4.74 Å². The van der Waals surface area contributed by atoms with E-state index in [0.717, 1.165) is 6.42 Å². The molecule has 2 heteroatoms. The molecular formula is C36H72O2. The van der Waals surface area contributed by atoms with Crippen LogP contribution in [0.4, 0.5) is 0 Å². The molecule has 0 radical (unpaired) electrons. The second-order valence-electron chi connectivity index (χ2n) is 12.4. The maximum Gasteiger partial charge on any atom is 0.305 e. The Balaban J connectivity index is 3.49. The lowest BCUT2D eigenvalue weighted by molar-refractivity contribution is -0.145.